The molecule has 6 aromatic carbocycles. The van der Waals surface area contributed by atoms with E-state index in [1.165, 1.54) is 0 Å². The van der Waals surface area contributed by atoms with Crippen LogP contribution in [0.15, 0.2) is 187 Å². The van der Waals surface area contributed by atoms with Crippen molar-refractivity contribution in [3.8, 4) is 0 Å². The number of carbonyl (C=O) groups is 5. The normalized spacial score (nSPS) is 33.9. The van der Waals surface area contributed by atoms with E-state index in [4.69, 9.17) is 140 Å². The smallest absolute Gasteiger partial charge is 0.407 e. The number of hydrogen-bond acceptors (Lipinski definition) is 27. The molecule has 30 nitrogen and oxygen atoms in total. The summed E-state index contributed by atoms with van der Waals surface area (Å²) in [6.45, 7) is 19.0. The molecule has 0 aliphatic carbocycles. The average molecular weight is 1850 g/mol. The molecule has 33 heteroatoms. The molecule has 32 atom stereocenters. The summed E-state index contributed by atoms with van der Waals surface area (Å²) in [5.74, 6) is -6.33. The van der Waals surface area contributed by atoms with Gasteiger partial charge in [0.15, 0.2) is 68.6 Å². The maximum atomic E-state index is 15.3. The number of fused-ring (bicyclic) bond motifs is 2. The molecule has 26 unspecified atom stereocenters. The first-order valence-corrected chi connectivity index (χ1v) is 46.0. The van der Waals surface area contributed by atoms with E-state index in [1.54, 1.807) is 121 Å². The van der Waals surface area contributed by atoms with E-state index >= 15 is 9.59 Å². The number of ether oxygens (including phenoxy) is 21. The number of alkyl halides is 3. The number of benzene rings is 6. The van der Waals surface area contributed by atoms with Gasteiger partial charge >= 0.3 is 30.0 Å². The highest BCUT2D eigenvalue weighted by Crippen LogP contribution is 2.48. The number of unbranched alkanes of at least 4 members (excludes halogenated alkanes) is 2. The first kappa shape index (κ1) is 97.0. The quantitative estimate of drug-likeness (QED) is 0.00726. The van der Waals surface area contributed by atoms with Gasteiger partial charge in [-0.05, 0) is 84.7 Å². The van der Waals surface area contributed by atoms with Gasteiger partial charge in [-0.15, -0.1) is 0 Å². The summed E-state index contributed by atoms with van der Waals surface area (Å²) in [6, 6.07) is 51.0. The lowest BCUT2D eigenvalue weighted by molar-refractivity contribution is -0.370. The summed E-state index contributed by atoms with van der Waals surface area (Å²) in [4.78, 5) is 76.6. The first-order valence-electron chi connectivity index (χ1n) is 44.9. The highest BCUT2D eigenvalue weighted by atomic mass is 35.6. The number of esters is 4. The Kier molecular flexibility index (Phi) is 34.3. The van der Waals surface area contributed by atoms with Crippen molar-refractivity contribution >= 4 is 64.8 Å². The number of halogens is 3. The zero-order valence-electron chi connectivity index (χ0n) is 73.9. The van der Waals surface area contributed by atoms with Gasteiger partial charge in [-0.2, -0.15) is 0 Å². The Balaban J connectivity index is 0.832. The van der Waals surface area contributed by atoms with Crippen molar-refractivity contribution in [2.24, 2.45) is 46.5 Å². The molecule has 0 radical (unpaired) electrons. The van der Waals surface area contributed by atoms with Crippen LogP contribution in [-0.4, -0.2) is 215 Å². The minimum absolute atomic E-state index is 0.0845. The van der Waals surface area contributed by atoms with E-state index in [0.717, 1.165) is 12.0 Å². The molecule has 0 saturated carbocycles. The maximum absolute atomic E-state index is 15.3. The number of amides is 1. The number of alkyl carbamates (subject to hydrolysis) is 1. The monoisotopic (exact) mass is 1850 g/mol. The zero-order chi connectivity index (χ0) is 91.0. The van der Waals surface area contributed by atoms with Gasteiger partial charge in [0.2, 0.25) is 3.79 Å². The number of hydrogen-bond donors (Lipinski definition) is 1. The lowest BCUT2D eigenvalue weighted by Gasteiger charge is -2.50. The molecule has 1 amide bonds. The van der Waals surface area contributed by atoms with Crippen LogP contribution in [-0.2, 0) is 99.5 Å². The van der Waals surface area contributed by atoms with Crippen LogP contribution in [0.25, 0.3) is 10.4 Å². The molecule has 14 rings (SSSR count). The van der Waals surface area contributed by atoms with Crippen LogP contribution in [0.3, 0.4) is 0 Å². The number of azide groups is 1. The van der Waals surface area contributed by atoms with Gasteiger partial charge in [0.05, 0.1) is 72.1 Å². The summed E-state index contributed by atoms with van der Waals surface area (Å²) in [7, 11) is 0. The van der Waals surface area contributed by atoms with Gasteiger partial charge in [0.25, 0.3) is 0 Å². The highest BCUT2D eigenvalue weighted by molar-refractivity contribution is 6.67. The Bertz CT molecular complexity index is 4600. The molecule has 8 fully saturated rings. The van der Waals surface area contributed by atoms with Gasteiger partial charge in [-0.1, -0.05) is 268 Å². The van der Waals surface area contributed by atoms with Crippen LogP contribution in [0.4, 0.5) is 4.79 Å². The van der Waals surface area contributed by atoms with Crippen LogP contribution in [0, 0.1) is 41.4 Å². The Morgan fingerprint density at radius 2 is 0.845 bits per heavy atom. The van der Waals surface area contributed by atoms with E-state index in [-0.39, 0.29) is 53.9 Å². The summed E-state index contributed by atoms with van der Waals surface area (Å²) >= 11 is 18.9. The van der Waals surface area contributed by atoms with Crippen molar-refractivity contribution in [3.63, 3.8) is 0 Å². The van der Waals surface area contributed by atoms with Crippen molar-refractivity contribution in [2.45, 2.75) is 266 Å². The van der Waals surface area contributed by atoms with Crippen molar-refractivity contribution in [2.75, 3.05) is 39.6 Å². The fraction of sp³-hybridized carbons (Fsp3) is 0.573. The number of rotatable bonds is 36. The second kappa shape index (κ2) is 45.6. The minimum atomic E-state index is -2.09. The van der Waals surface area contributed by atoms with Crippen LogP contribution < -0.4 is 5.32 Å². The molecule has 8 heterocycles. The van der Waals surface area contributed by atoms with Gasteiger partial charge < -0.3 is 105 Å². The fourth-order valence-corrected chi connectivity index (χ4v) is 18.0. The van der Waals surface area contributed by atoms with Crippen LogP contribution in [0.1, 0.15) is 173 Å². The second-order valence-electron chi connectivity index (χ2n) is 34.4. The topological polar surface area (TPSA) is 340 Å². The summed E-state index contributed by atoms with van der Waals surface area (Å²) in [6.07, 6.45) is -24.7. The standard InChI is InChI=1S/C96H117Cl3N4O26/c1-11-53(4)70-57(8)75(117-84(105)61-37-23-15-24-38-61)92(120-70)127-78-69(102-95(108)113-52-96(97,98)99)91(116-68-51-112-90(126-77(68)78)65-45-31-19-32-46-65)129-80-72(55(6)13-3)121-93(82(80)119-86(107)63-41-27-17-28-42-63)123-73-56(7)66(49-110-83(104)60-35-21-14-22-36-60)114-88(58(73)9)128-79-71(54(5)12-2)122-94(81(79)118-85(106)62-39-25-16-26-40-62)124-74-59(10)87(109-48-34-20-33-47-101-103-100)115-67-50-111-89(125-76(67)74)64-43-29-18-30-44-64/h14-19,21-32,35-46,53-59,66-82,87-94H,11-13,20,33-34,47-52H2,1-10H3,(H,102,108)/t53-,54-,55-,56?,57-,58?,59?,66?,67?,68?,69?,70+,71?,72?,73?,74?,75?,76?,77?,78?,79?,80?,81?,82?,87?,88?,89?,90?,91?,92+,93?,94?/m1/s1. The Labute approximate surface area is 766 Å². The summed E-state index contributed by atoms with van der Waals surface area (Å²) in [5, 5.41) is 6.63. The van der Waals surface area contributed by atoms with Gasteiger partial charge in [-0.25, -0.2) is 24.0 Å². The van der Waals surface area contributed by atoms with E-state index in [9.17, 15) is 14.4 Å². The van der Waals surface area contributed by atoms with Crippen molar-refractivity contribution < 1.29 is 123 Å². The zero-order valence-corrected chi connectivity index (χ0v) is 76.1. The van der Waals surface area contributed by atoms with E-state index < -0.39 is 224 Å². The minimum Gasteiger partial charge on any atom is -0.459 e. The maximum Gasteiger partial charge on any atom is 0.407 e. The third-order valence-electron chi connectivity index (χ3n) is 25.6. The first-order chi connectivity index (χ1) is 62.4. The molecular weight excluding hydrogens is 1730 g/mol. The lowest BCUT2D eigenvalue weighted by atomic mass is 9.85. The molecule has 129 heavy (non-hydrogen) atoms. The van der Waals surface area contributed by atoms with E-state index in [0.29, 0.717) is 50.8 Å². The van der Waals surface area contributed by atoms with Crippen molar-refractivity contribution in [3.05, 3.63) is 226 Å². The number of nitrogens with one attached hydrogen (secondary N) is 1. The summed E-state index contributed by atoms with van der Waals surface area (Å²) < 4.78 is 143. The Hall–Kier alpha value is -7.99. The largest absolute Gasteiger partial charge is 0.459 e. The van der Waals surface area contributed by atoms with Crippen LogP contribution >= 0.6 is 34.8 Å². The number of nitrogens with zero attached hydrogens (tertiary/aromatic N) is 3. The van der Waals surface area contributed by atoms with Gasteiger partial charge in [-0.3, -0.25) is 0 Å². The molecule has 1 N–H and O–H groups in total. The third-order valence-corrected chi connectivity index (χ3v) is 25.9. The van der Waals surface area contributed by atoms with Crippen LogP contribution in [0.2, 0.25) is 0 Å². The number of carbonyl (C=O) groups excluding carboxylic acids is 5. The molecule has 8 saturated heterocycles. The molecule has 6 aromatic rings. The van der Waals surface area contributed by atoms with Crippen molar-refractivity contribution in [1.29, 1.82) is 0 Å². The molecular formula is C96H117Cl3N4O26. The Morgan fingerprint density at radius 1 is 0.434 bits per heavy atom. The van der Waals surface area contributed by atoms with Gasteiger partial charge in [0, 0.05) is 52.9 Å². The highest BCUT2D eigenvalue weighted by Gasteiger charge is 2.62. The average Bonchev–Trinajstić information content (AvgIpc) is 1.73. The predicted molar refractivity (Wildman–Crippen MR) is 467 cm³/mol. The van der Waals surface area contributed by atoms with E-state index in [1.807, 2.05) is 130 Å². The molecule has 0 aromatic heterocycles. The van der Waals surface area contributed by atoms with Gasteiger partial charge in [0.1, 0.15) is 62.0 Å². The molecule has 0 spiro atoms. The van der Waals surface area contributed by atoms with E-state index in [2.05, 4.69) is 15.3 Å². The predicted octanol–water partition coefficient (Wildman–Crippen LogP) is 16.7. The molecule has 8 aliphatic rings. The summed E-state index contributed by atoms with van der Waals surface area (Å²) in [5.41, 5.74) is 11.3. The molecule has 698 valence electrons. The molecule has 0 bridgehead atoms. The van der Waals surface area contributed by atoms with Crippen molar-refractivity contribution in [1.82, 2.24) is 5.32 Å². The van der Waals surface area contributed by atoms with Crippen LogP contribution in [0.5, 0.6) is 0 Å². The fourth-order valence-electron chi connectivity index (χ4n) is 17.8. The third kappa shape index (κ3) is 24.0. The SMILES string of the molecule is CC[C@@H](C)C1OC(OC2C(C)C(OCCCCCN=[N+]=[N-])OC3COC(c4ccccc4)OC32)C(OC(=O)c2ccccc2)C1OC1OC(COC(=O)c2ccccc2)C(C)C(OC2OC([C@H](C)CC)C(OC3OC4COC(c5ccccc5)OC4C(O[C@@H]4O[C@@H]([C@H](C)CC)[C@@H](C)C4OC(=O)c4ccccc4)C3NC(=O)OCC(Cl)(Cl)Cl)C2OC(=O)c2ccccc2)C1C. The Morgan fingerprint density at radius 3 is 1.33 bits per heavy atom. The lowest BCUT2D eigenvalue weighted by Crippen LogP contribution is -2.69. The second-order valence-corrected chi connectivity index (χ2v) is 36.9. The molecule has 8 aliphatic heterocycles.